The van der Waals surface area contributed by atoms with Gasteiger partial charge in [0, 0.05) is 10.2 Å². The van der Waals surface area contributed by atoms with Crippen LogP contribution in [0.1, 0.15) is 52.0 Å². The fraction of sp³-hybridized carbons (Fsp3) is 0.556. The molecule has 1 N–H and O–H groups in total. The van der Waals surface area contributed by atoms with Gasteiger partial charge in [-0.1, -0.05) is 31.0 Å². The Morgan fingerprint density at radius 1 is 1.00 bits per heavy atom. The number of unbranched alkanes of at least 4 members (excludes halogenated alkanes) is 3. The first kappa shape index (κ1) is 15.5. The van der Waals surface area contributed by atoms with E-state index in [9.17, 15) is 0 Å². The summed E-state index contributed by atoms with van der Waals surface area (Å²) in [5.41, 5.74) is 1.80. The van der Waals surface area contributed by atoms with Crippen LogP contribution in [0.4, 0.5) is 0 Å². The van der Waals surface area contributed by atoms with E-state index in [0.29, 0.717) is 0 Å². The van der Waals surface area contributed by atoms with Crippen LogP contribution in [0.15, 0.2) is 29.6 Å². The summed E-state index contributed by atoms with van der Waals surface area (Å²) in [7, 11) is 0. The Labute approximate surface area is 127 Å². The Morgan fingerprint density at radius 3 is 2.55 bits per heavy atom. The van der Waals surface area contributed by atoms with Gasteiger partial charge in [-0.2, -0.15) is 0 Å². The largest absolute Gasteiger partial charge is 0.312 e. The fourth-order valence-corrected chi connectivity index (χ4v) is 3.48. The minimum Gasteiger partial charge on any atom is -0.312 e. The average Bonchev–Trinajstić information content (AvgIpc) is 2.80. The van der Waals surface area contributed by atoms with E-state index in [4.69, 9.17) is 0 Å². The highest BCUT2D eigenvalue weighted by Gasteiger charge is 2.07. The van der Waals surface area contributed by atoms with Crippen molar-refractivity contribution in [2.75, 3.05) is 6.54 Å². The lowest BCUT2D eigenvalue weighted by atomic mass is 10.0. The predicted octanol–water partition coefficient (Wildman–Crippen LogP) is 5.39. The van der Waals surface area contributed by atoms with Crippen LogP contribution in [0.3, 0.4) is 0 Å². The molecule has 0 aliphatic rings. The molecular formula is C18H27NS. The number of rotatable bonds is 7. The number of benzene rings is 1. The van der Waals surface area contributed by atoms with Crippen LogP contribution < -0.4 is 5.32 Å². The summed E-state index contributed by atoms with van der Waals surface area (Å²) >= 11 is 1.88. The summed E-state index contributed by atoms with van der Waals surface area (Å²) in [6.45, 7) is 7.84. The molecule has 0 atom stereocenters. The van der Waals surface area contributed by atoms with Gasteiger partial charge in [0.15, 0.2) is 0 Å². The Morgan fingerprint density at radius 2 is 1.75 bits per heavy atom. The van der Waals surface area contributed by atoms with Crippen LogP contribution in [0.2, 0.25) is 0 Å². The van der Waals surface area contributed by atoms with Gasteiger partial charge in [0.05, 0.1) is 0 Å². The molecular weight excluding hydrogens is 262 g/mol. The highest BCUT2D eigenvalue weighted by atomic mass is 32.1. The van der Waals surface area contributed by atoms with Gasteiger partial charge < -0.3 is 5.32 Å². The monoisotopic (exact) mass is 289 g/mol. The van der Waals surface area contributed by atoms with E-state index < -0.39 is 0 Å². The zero-order valence-electron chi connectivity index (χ0n) is 13.0. The van der Waals surface area contributed by atoms with Crippen molar-refractivity contribution in [3.05, 3.63) is 35.2 Å². The normalized spacial score (nSPS) is 12.2. The molecule has 0 fully saturated rings. The number of thiophene rings is 1. The number of aryl methyl sites for hydroxylation is 1. The molecule has 2 heteroatoms. The SMILES string of the molecule is CC(C)(C)NCCCCCCc1csc2ccccc12. The summed E-state index contributed by atoms with van der Waals surface area (Å²) in [5, 5.41) is 7.36. The Kier molecular flexibility index (Phi) is 5.62. The Hall–Kier alpha value is -0.860. The minimum absolute atomic E-state index is 0.260. The number of nitrogens with one attached hydrogen (secondary N) is 1. The van der Waals surface area contributed by atoms with Crippen LogP contribution in [0.25, 0.3) is 10.1 Å². The molecule has 1 heterocycles. The summed E-state index contributed by atoms with van der Waals surface area (Å²) in [4.78, 5) is 0. The van der Waals surface area contributed by atoms with E-state index in [2.05, 4.69) is 55.7 Å². The van der Waals surface area contributed by atoms with E-state index in [1.807, 2.05) is 11.3 Å². The molecule has 0 saturated carbocycles. The van der Waals surface area contributed by atoms with Crippen molar-refractivity contribution in [2.45, 2.75) is 58.4 Å². The van der Waals surface area contributed by atoms with Crippen LogP contribution in [-0.4, -0.2) is 12.1 Å². The fourth-order valence-electron chi connectivity index (χ4n) is 2.48. The van der Waals surface area contributed by atoms with Crippen LogP contribution in [0, 0.1) is 0 Å². The second kappa shape index (κ2) is 7.24. The summed E-state index contributed by atoms with van der Waals surface area (Å²) in [5.74, 6) is 0. The number of hydrogen-bond acceptors (Lipinski definition) is 2. The van der Waals surface area contributed by atoms with Crippen molar-refractivity contribution >= 4 is 21.4 Å². The van der Waals surface area contributed by atoms with Crippen molar-refractivity contribution in [3.63, 3.8) is 0 Å². The van der Waals surface area contributed by atoms with Gasteiger partial charge in [-0.05, 0) is 69.0 Å². The van der Waals surface area contributed by atoms with Gasteiger partial charge in [-0.3, -0.25) is 0 Å². The van der Waals surface area contributed by atoms with Crippen LogP contribution in [0.5, 0.6) is 0 Å². The minimum atomic E-state index is 0.260. The zero-order chi connectivity index (χ0) is 14.4. The molecule has 1 nitrogen and oxygen atoms in total. The molecule has 1 aromatic carbocycles. The molecule has 0 aliphatic carbocycles. The van der Waals surface area contributed by atoms with Crippen molar-refractivity contribution in [2.24, 2.45) is 0 Å². The maximum atomic E-state index is 3.55. The molecule has 0 spiro atoms. The van der Waals surface area contributed by atoms with Gasteiger partial charge in [0.1, 0.15) is 0 Å². The van der Waals surface area contributed by atoms with Gasteiger partial charge in [0.25, 0.3) is 0 Å². The van der Waals surface area contributed by atoms with E-state index in [-0.39, 0.29) is 5.54 Å². The summed E-state index contributed by atoms with van der Waals surface area (Å²) in [6, 6.07) is 8.76. The third kappa shape index (κ3) is 4.92. The van der Waals surface area contributed by atoms with Crippen LogP contribution >= 0.6 is 11.3 Å². The molecule has 110 valence electrons. The standard InChI is InChI=1S/C18H27NS/c1-18(2,3)19-13-9-5-4-6-10-15-14-20-17-12-8-7-11-16(15)17/h7-8,11-12,14,19H,4-6,9-10,13H2,1-3H3. The molecule has 2 aromatic rings. The lowest BCUT2D eigenvalue weighted by Gasteiger charge is -2.20. The second-order valence-corrected chi connectivity index (χ2v) is 7.51. The van der Waals surface area contributed by atoms with Gasteiger partial charge >= 0.3 is 0 Å². The first-order valence-electron chi connectivity index (χ1n) is 7.76. The molecule has 0 bridgehead atoms. The molecule has 0 radical (unpaired) electrons. The first-order valence-corrected chi connectivity index (χ1v) is 8.64. The highest BCUT2D eigenvalue weighted by molar-refractivity contribution is 7.17. The van der Waals surface area contributed by atoms with Crippen molar-refractivity contribution in [1.29, 1.82) is 0 Å². The highest BCUT2D eigenvalue weighted by Crippen LogP contribution is 2.26. The van der Waals surface area contributed by atoms with Crippen molar-refractivity contribution in [3.8, 4) is 0 Å². The van der Waals surface area contributed by atoms with Crippen LogP contribution in [-0.2, 0) is 6.42 Å². The number of hydrogen-bond donors (Lipinski definition) is 1. The zero-order valence-corrected chi connectivity index (χ0v) is 13.9. The maximum absolute atomic E-state index is 3.55. The van der Waals surface area contributed by atoms with E-state index in [1.165, 1.54) is 42.2 Å². The quantitative estimate of drug-likeness (QED) is 0.674. The topological polar surface area (TPSA) is 12.0 Å². The molecule has 0 unspecified atom stereocenters. The lowest BCUT2D eigenvalue weighted by molar-refractivity contribution is 0.416. The summed E-state index contributed by atoms with van der Waals surface area (Å²) in [6.07, 6.45) is 6.52. The molecule has 20 heavy (non-hydrogen) atoms. The lowest BCUT2D eigenvalue weighted by Crippen LogP contribution is -2.36. The average molecular weight is 289 g/mol. The Bertz CT molecular complexity index is 521. The summed E-state index contributed by atoms with van der Waals surface area (Å²) < 4.78 is 1.43. The number of fused-ring (bicyclic) bond motifs is 1. The third-order valence-electron chi connectivity index (χ3n) is 3.59. The molecule has 0 saturated heterocycles. The molecule has 0 aliphatic heterocycles. The first-order chi connectivity index (χ1) is 9.56. The van der Waals surface area contributed by atoms with Gasteiger partial charge in [-0.25, -0.2) is 0 Å². The van der Waals surface area contributed by atoms with E-state index in [1.54, 1.807) is 5.56 Å². The third-order valence-corrected chi connectivity index (χ3v) is 4.60. The van der Waals surface area contributed by atoms with Gasteiger partial charge in [-0.15, -0.1) is 11.3 Å². The van der Waals surface area contributed by atoms with E-state index in [0.717, 1.165) is 6.54 Å². The molecule has 0 amide bonds. The smallest absolute Gasteiger partial charge is 0.0345 e. The van der Waals surface area contributed by atoms with Crippen molar-refractivity contribution in [1.82, 2.24) is 5.32 Å². The predicted molar refractivity (Wildman–Crippen MR) is 91.8 cm³/mol. The molecule has 2 rings (SSSR count). The second-order valence-electron chi connectivity index (χ2n) is 6.60. The maximum Gasteiger partial charge on any atom is 0.0345 e. The van der Waals surface area contributed by atoms with Gasteiger partial charge in [0.2, 0.25) is 0 Å². The Balaban J connectivity index is 1.64. The van der Waals surface area contributed by atoms with Crippen molar-refractivity contribution < 1.29 is 0 Å². The molecule has 1 aromatic heterocycles. The van der Waals surface area contributed by atoms with E-state index >= 15 is 0 Å².